The van der Waals surface area contributed by atoms with Crippen LogP contribution in [0.15, 0.2) is 77.5 Å². The maximum absolute atomic E-state index is 5.56. The SMILES string of the molecule is C=C/C=C\C(=C)/C(=N/N=C)OCc1ccccc1. The highest BCUT2D eigenvalue weighted by atomic mass is 16.5. The predicted octanol–water partition coefficient (Wildman–Crippen LogP) is 3.52. The molecule has 0 amide bonds. The number of nitrogens with zero attached hydrogens (tertiary/aromatic N) is 2. The maximum Gasteiger partial charge on any atom is 0.240 e. The summed E-state index contributed by atoms with van der Waals surface area (Å²) in [5.41, 5.74) is 1.67. The minimum Gasteiger partial charge on any atom is -0.471 e. The Labute approximate surface area is 108 Å². The Morgan fingerprint density at radius 2 is 2.00 bits per heavy atom. The highest BCUT2D eigenvalue weighted by molar-refractivity contribution is 5.95. The average molecular weight is 240 g/mol. The van der Waals surface area contributed by atoms with Crippen molar-refractivity contribution >= 4 is 12.6 Å². The Balaban J connectivity index is 2.67. The summed E-state index contributed by atoms with van der Waals surface area (Å²) in [5.74, 6) is 0.354. The molecule has 0 heterocycles. The van der Waals surface area contributed by atoms with Crippen LogP contribution in [0.25, 0.3) is 0 Å². The van der Waals surface area contributed by atoms with Gasteiger partial charge in [-0.3, -0.25) is 0 Å². The van der Waals surface area contributed by atoms with Crippen LogP contribution < -0.4 is 0 Å². The first-order valence-corrected chi connectivity index (χ1v) is 5.46. The highest BCUT2D eigenvalue weighted by Gasteiger charge is 2.03. The lowest BCUT2D eigenvalue weighted by atomic mass is 10.2. The second-order valence-corrected chi connectivity index (χ2v) is 3.44. The van der Waals surface area contributed by atoms with Crippen molar-refractivity contribution in [2.45, 2.75) is 6.61 Å². The smallest absolute Gasteiger partial charge is 0.240 e. The topological polar surface area (TPSA) is 34.0 Å². The largest absolute Gasteiger partial charge is 0.471 e. The molecule has 0 saturated heterocycles. The lowest BCUT2D eigenvalue weighted by Gasteiger charge is -2.07. The van der Waals surface area contributed by atoms with Crippen molar-refractivity contribution in [3.05, 3.63) is 72.9 Å². The summed E-state index contributed by atoms with van der Waals surface area (Å²) < 4.78 is 5.56. The Hall–Kier alpha value is -2.42. The molecule has 0 aliphatic carbocycles. The molecular formula is C15H16N2O. The molecule has 1 aromatic rings. The third kappa shape index (κ3) is 4.61. The zero-order valence-electron chi connectivity index (χ0n) is 10.2. The van der Waals surface area contributed by atoms with Crippen molar-refractivity contribution in [2.24, 2.45) is 10.2 Å². The monoisotopic (exact) mass is 240 g/mol. The van der Waals surface area contributed by atoms with Gasteiger partial charge >= 0.3 is 0 Å². The van der Waals surface area contributed by atoms with Crippen LogP contribution in [0.2, 0.25) is 0 Å². The molecule has 0 aliphatic heterocycles. The average Bonchev–Trinajstić information content (AvgIpc) is 2.42. The van der Waals surface area contributed by atoms with Crippen LogP contribution in [0.4, 0.5) is 0 Å². The third-order valence-corrected chi connectivity index (χ3v) is 2.09. The van der Waals surface area contributed by atoms with Crippen molar-refractivity contribution in [3.63, 3.8) is 0 Å². The summed E-state index contributed by atoms with van der Waals surface area (Å²) >= 11 is 0. The number of hydrogen-bond donors (Lipinski definition) is 0. The van der Waals surface area contributed by atoms with Crippen LogP contribution in [0.3, 0.4) is 0 Å². The third-order valence-electron chi connectivity index (χ3n) is 2.09. The van der Waals surface area contributed by atoms with Gasteiger partial charge in [-0.25, -0.2) is 0 Å². The van der Waals surface area contributed by atoms with Crippen LogP contribution in [0, 0.1) is 0 Å². The summed E-state index contributed by atoms with van der Waals surface area (Å²) in [6.45, 7) is 11.2. The molecule has 1 rings (SSSR count). The van der Waals surface area contributed by atoms with Crippen molar-refractivity contribution in [1.82, 2.24) is 0 Å². The zero-order chi connectivity index (χ0) is 13.2. The van der Waals surface area contributed by atoms with E-state index in [-0.39, 0.29) is 0 Å². The van der Waals surface area contributed by atoms with Crippen molar-refractivity contribution < 1.29 is 4.74 Å². The second-order valence-electron chi connectivity index (χ2n) is 3.44. The fraction of sp³-hybridized carbons (Fsp3) is 0.0667. The Bertz CT molecular complexity index is 473. The molecule has 3 nitrogen and oxygen atoms in total. The standard InChI is InChI=1S/C15H16N2O/c1-4-5-9-13(2)15(17-16-3)18-12-14-10-7-6-8-11-14/h4-11H,1-3,12H2/b9-5-,17-15-. The van der Waals surface area contributed by atoms with E-state index in [2.05, 4.69) is 30.1 Å². The fourth-order valence-corrected chi connectivity index (χ4v) is 1.23. The quantitative estimate of drug-likeness (QED) is 0.324. The van der Waals surface area contributed by atoms with E-state index in [4.69, 9.17) is 4.74 Å². The highest BCUT2D eigenvalue weighted by Crippen LogP contribution is 2.06. The van der Waals surface area contributed by atoms with E-state index in [0.29, 0.717) is 18.1 Å². The molecule has 0 unspecified atom stereocenters. The minimum absolute atomic E-state index is 0.354. The van der Waals surface area contributed by atoms with Gasteiger partial charge in [0.25, 0.3) is 0 Å². The molecule has 1 aromatic carbocycles. The van der Waals surface area contributed by atoms with Gasteiger partial charge in [0.15, 0.2) is 0 Å². The number of allylic oxidation sites excluding steroid dienone is 2. The van der Waals surface area contributed by atoms with Gasteiger partial charge in [0.1, 0.15) is 6.61 Å². The zero-order valence-corrected chi connectivity index (χ0v) is 10.2. The minimum atomic E-state index is 0.354. The van der Waals surface area contributed by atoms with Crippen molar-refractivity contribution in [2.75, 3.05) is 0 Å². The Morgan fingerprint density at radius 3 is 2.61 bits per heavy atom. The van der Waals surface area contributed by atoms with E-state index in [1.54, 1.807) is 18.2 Å². The summed E-state index contributed by atoms with van der Waals surface area (Å²) in [6.07, 6.45) is 5.16. The summed E-state index contributed by atoms with van der Waals surface area (Å²) in [7, 11) is 0. The first-order chi connectivity index (χ1) is 8.77. The molecule has 0 aromatic heterocycles. The molecular weight excluding hydrogens is 224 g/mol. The van der Waals surface area contributed by atoms with E-state index in [9.17, 15) is 0 Å². The number of benzene rings is 1. The first-order valence-electron chi connectivity index (χ1n) is 5.46. The first kappa shape index (κ1) is 13.6. The van der Waals surface area contributed by atoms with Gasteiger partial charge in [-0.05, 0) is 5.56 Å². The fourth-order valence-electron chi connectivity index (χ4n) is 1.23. The molecule has 92 valence electrons. The van der Waals surface area contributed by atoms with Crippen LogP contribution in [-0.2, 0) is 11.3 Å². The molecule has 0 fully saturated rings. The second kappa shape index (κ2) is 7.79. The van der Waals surface area contributed by atoms with Crippen LogP contribution >= 0.6 is 0 Å². The van der Waals surface area contributed by atoms with Crippen LogP contribution in [0.5, 0.6) is 0 Å². The summed E-state index contributed by atoms with van der Waals surface area (Å²) in [6, 6.07) is 9.81. The summed E-state index contributed by atoms with van der Waals surface area (Å²) in [5, 5.41) is 7.29. The van der Waals surface area contributed by atoms with Gasteiger partial charge in [-0.15, -0.1) is 5.10 Å². The van der Waals surface area contributed by atoms with E-state index < -0.39 is 0 Å². The number of hydrogen-bond acceptors (Lipinski definition) is 3. The number of rotatable bonds is 6. The predicted molar refractivity (Wildman–Crippen MR) is 76.7 cm³/mol. The van der Waals surface area contributed by atoms with E-state index >= 15 is 0 Å². The molecule has 0 radical (unpaired) electrons. The Kier molecular flexibility index (Phi) is 5.90. The molecule has 0 aliphatic rings. The maximum atomic E-state index is 5.56. The molecule has 0 saturated carbocycles. The van der Waals surface area contributed by atoms with Gasteiger partial charge in [0, 0.05) is 12.3 Å². The van der Waals surface area contributed by atoms with Crippen LogP contribution in [-0.4, -0.2) is 12.6 Å². The lowest BCUT2D eigenvalue weighted by Crippen LogP contribution is -2.06. The lowest BCUT2D eigenvalue weighted by molar-refractivity contribution is 0.292. The number of ether oxygens (including phenoxy) is 1. The summed E-state index contributed by atoms with van der Waals surface area (Å²) in [4.78, 5) is 0. The molecule has 0 N–H and O–H groups in total. The molecule has 0 spiro atoms. The van der Waals surface area contributed by atoms with Gasteiger partial charge in [0.2, 0.25) is 5.90 Å². The van der Waals surface area contributed by atoms with Gasteiger partial charge in [-0.1, -0.05) is 61.7 Å². The van der Waals surface area contributed by atoms with Crippen molar-refractivity contribution in [3.8, 4) is 0 Å². The van der Waals surface area contributed by atoms with Gasteiger partial charge in [0.05, 0.1) is 0 Å². The van der Waals surface area contributed by atoms with Gasteiger partial charge in [-0.2, -0.15) is 5.10 Å². The van der Waals surface area contributed by atoms with Gasteiger partial charge < -0.3 is 4.74 Å². The van der Waals surface area contributed by atoms with E-state index in [1.807, 2.05) is 30.3 Å². The van der Waals surface area contributed by atoms with Crippen LogP contribution in [0.1, 0.15) is 5.56 Å². The van der Waals surface area contributed by atoms with E-state index in [1.165, 1.54) is 0 Å². The molecule has 3 heteroatoms. The molecule has 0 atom stereocenters. The van der Waals surface area contributed by atoms with E-state index in [0.717, 1.165) is 5.56 Å². The molecule has 18 heavy (non-hydrogen) atoms. The van der Waals surface area contributed by atoms with Crippen molar-refractivity contribution in [1.29, 1.82) is 0 Å². The normalized spacial score (nSPS) is 11.2. The Morgan fingerprint density at radius 1 is 1.28 bits per heavy atom. The molecule has 0 bridgehead atoms.